The molecule has 0 bridgehead atoms. The Kier molecular flexibility index (Phi) is 4.17. The highest BCUT2D eigenvalue weighted by Gasteiger charge is 2.25. The molecule has 1 unspecified atom stereocenters. The number of fused-ring (bicyclic) bond motifs is 1. The lowest BCUT2D eigenvalue weighted by Crippen LogP contribution is -2.43. The van der Waals surface area contributed by atoms with Crippen LogP contribution in [-0.2, 0) is 9.59 Å². The van der Waals surface area contributed by atoms with Crippen LogP contribution in [0.2, 0.25) is 5.15 Å². The molecular weight excluding hydrogens is 324 g/mol. The second-order valence-corrected chi connectivity index (χ2v) is 6.43. The average Bonchev–Trinajstić information content (AvgIpc) is 3.06. The number of primary amides is 1. The quantitative estimate of drug-likeness (QED) is 0.866. The summed E-state index contributed by atoms with van der Waals surface area (Å²) in [5.41, 5.74) is 6.00. The molecule has 0 spiro atoms. The number of likely N-dealkylation sites (tertiary alicyclic amines) is 1. The third kappa shape index (κ3) is 2.86. The first-order chi connectivity index (χ1) is 10.6. The maximum atomic E-state index is 12.3. The van der Waals surface area contributed by atoms with Gasteiger partial charge in [-0.05, 0) is 18.9 Å². The van der Waals surface area contributed by atoms with Gasteiger partial charge in [0.15, 0.2) is 10.1 Å². The minimum atomic E-state index is -0.347. The topological polar surface area (TPSA) is 80.7 Å². The molecule has 3 rings (SSSR count). The Balaban J connectivity index is 1.74. The normalized spacial score (nSPS) is 19.1. The van der Waals surface area contributed by atoms with Crippen molar-refractivity contribution in [3.8, 4) is 0 Å². The summed E-state index contributed by atoms with van der Waals surface area (Å²) in [4.78, 5) is 30.2. The van der Waals surface area contributed by atoms with E-state index in [-0.39, 0.29) is 17.7 Å². The Labute approximate surface area is 136 Å². The third-order valence-electron chi connectivity index (χ3n) is 3.77. The first-order valence-electron chi connectivity index (χ1n) is 6.93. The zero-order valence-electron chi connectivity index (χ0n) is 11.7. The number of piperidine rings is 1. The van der Waals surface area contributed by atoms with Crippen LogP contribution >= 0.6 is 22.9 Å². The van der Waals surface area contributed by atoms with E-state index in [2.05, 4.69) is 4.98 Å². The van der Waals surface area contributed by atoms with Gasteiger partial charge in [-0.25, -0.2) is 4.98 Å². The van der Waals surface area contributed by atoms with E-state index in [0.717, 1.165) is 17.8 Å². The number of hydrogen-bond acceptors (Lipinski definition) is 4. The first-order valence-corrected chi connectivity index (χ1v) is 8.19. The van der Waals surface area contributed by atoms with E-state index in [0.29, 0.717) is 23.9 Å². The van der Waals surface area contributed by atoms with Crippen LogP contribution in [0, 0.1) is 5.92 Å². The number of amides is 2. The Morgan fingerprint density at radius 2 is 2.32 bits per heavy atom. The van der Waals surface area contributed by atoms with Crippen LogP contribution in [0.3, 0.4) is 0 Å². The monoisotopic (exact) mass is 338 g/mol. The van der Waals surface area contributed by atoms with Crippen molar-refractivity contribution in [3.63, 3.8) is 0 Å². The van der Waals surface area contributed by atoms with Crippen LogP contribution in [0.25, 0.3) is 11.0 Å². The number of carbonyl (C=O) groups excluding carboxylic acids is 2. The van der Waals surface area contributed by atoms with E-state index in [1.54, 1.807) is 11.0 Å². The van der Waals surface area contributed by atoms with Gasteiger partial charge in [0.05, 0.1) is 11.6 Å². The largest absolute Gasteiger partial charge is 0.369 e. The third-order valence-corrected chi connectivity index (χ3v) is 4.81. The molecule has 2 N–H and O–H groups in total. The van der Waals surface area contributed by atoms with Crippen molar-refractivity contribution in [1.82, 2.24) is 14.3 Å². The fourth-order valence-corrected chi connectivity index (χ4v) is 3.60. The number of aromatic nitrogens is 2. The van der Waals surface area contributed by atoms with Crippen molar-refractivity contribution in [2.45, 2.75) is 12.8 Å². The van der Waals surface area contributed by atoms with Crippen molar-refractivity contribution < 1.29 is 9.59 Å². The summed E-state index contributed by atoms with van der Waals surface area (Å²) in [6.07, 6.45) is 6.51. The Hall–Kier alpha value is -1.86. The van der Waals surface area contributed by atoms with Crippen molar-refractivity contribution >= 4 is 45.8 Å². The Morgan fingerprint density at radius 3 is 3.09 bits per heavy atom. The first kappa shape index (κ1) is 15.1. The van der Waals surface area contributed by atoms with Gasteiger partial charge in [0, 0.05) is 30.7 Å². The van der Waals surface area contributed by atoms with E-state index in [4.69, 9.17) is 17.3 Å². The van der Waals surface area contributed by atoms with Crippen LogP contribution in [-0.4, -0.2) is 39.2 Å². The van der Waals surface area contributed by atoms with Gasteiger partial charge in [-0.1, -0.05) is 11.6 Å². The molecule has 6 nitrogen and oxygen atoms in total. The molecule has 0 radical (unpaired) electrons. The Morgan fingerprint density at radius 1 is 1.50 bits per heavy atom. The molecule has 0 aromatic carbocycles. The van der Waals surface area contributed by atoms with Gasteiger partial charge in [-0.3, -0.25) is 14.0 Å². The number of nitrogens with two attached hydrogens (primary N) is 1. The summed E-state index contributed by atoms with van der Waals surface area (Å²) in [7, 11) is 0. The molecule has 2 amide bonds. The average molecular weight is 339 g/mol. The molecule has 1 saturated heterocycles. The molecule has 3 heterocycles. The predicted molar refractivity (Wildman–Crippen MR) is 85.6 cm³/mol. The highest BCUT2D eigenvalue weighted by Crippen LogP contribution is 2.23. The smallest absolute Gasteiger partial charge is 0.246 e. The summed E-state index contributed by atoms with van der Waals surface area (Å²) in [6.45, 7) is 1.02. The second kappa shape index (κ2) is 6.10. The molecule has 22 heavy (non-hydrogen) atoms. The summed E-state index contributed by atoms with van der Waals surface area (Å²) in [6, 6.07) is 0. The minimum Gasteiger partial charge on any atom is -0.369 e. The highest BCUT2D eigenvalue weighted by molar-refractivity contribution is 7.15. The highest BCUT2D eigenvalue weighted by atomic mass is 35.5. The van der Waals surface area contributed by atoms with Gasteiger partial charge in [0.2, 0.25) is 11.8 Å². The zero-order chi connectivity index (χ0) is 15.7. The van der Waals surface area contributed by atoms with Crippen LogP contribution < -0.4 is 5.73 Å². The molecule has 2 aromatic rings. The van der Waals surface area contributed by atoms with E-state index < -0.39 is 0 Å². The summed E-state index contributed by atoms with van der Waals surface area (Å²) in [5, 5.41) is 2.27. The Bertz CT molecular complexity index is 751. The molecule has 8 heteroatoms. The lowest BCUT2D eigenvalue weighted by molar-refractivity contribution is -0.130. The van der Waals surface area contributed by atoms with Crippen LogP contribution in [0.1, 0.15) is 18.5 Å². The van der Waals surface area contributed by atoms with Crippen molar-refractivity contribution in [1.29, 1.82) is 0 Å². The van der Waals surface area contributed by atoms with Crippen LogP contribution in [0.4, 0.5) is 0 Å². The number of hydrogen-bond donors (Lipinski definition) is 1. The zero-order valence-corrected chi connectivity index (χ0v) is 13.3. The standard InChI is InChI=1S/C14H15ClN4O2S/c15-12-10(19-6-7-22-14(19)17-12)3-4-11(20)18-5-1-2-9(8-18)13(16)21/h3-4,6-7,9H,1-2,5,8H2,(H2,16,21)/b4-3+. The number of halogens is 1. The molecular formula is C14H15ClN4O2S. The molecule has 1 aliphatic heterocycles. The lowest BCUT2D eigenvalue weighted by Gasteiger charge is -2.30. The van der Waals surface area contributed by atoms with Crippen molar-refractivity contribution in [2.24, 2.45) is 11.7 Å². The van der Waals surface area contributed by atoms with Gasteiger partial charge in [0.25, 0.3) is 0 Å². The number of rotatable bonds is 3. The fourth-order valence-electron chi connectivity index (χ4n) is 2.59. The predicted octanol–water partition coefficient (Wildman–Crippen LogP) is 1.79. The second-order valence-electron chi connectivity index (χ2n) is 5.20. The number of carbonyl (C=O) groups is 2. The van der Waals surface area contributed by atoms with E-state index in [1.165, 1.54) is 17.4 Å². The van der Waals surface area contributed by atoms with Crippen molar-refractivity contribution in [3.05, 3.63) is 28.5 Å². The molecule has 0 aliphatic carbocycles. The maximum Gasteiger partial charge on any atom is 0.246 e. The molecule has 2 aromatic heterocycles. The molecule has 1 fully saturated rings. The maximum absolute atomic E-state index is 12.3. The van der Waals surface area contributed by atoms with Crippen LogP contribution in [0.5, 0.6) is 0 Å². The summed E-state index contributed by atoms with van der Waals surface area (Å²) in [5.74, 6) is -0.749. The van der Waals surface area contributed by atoms with Gasteiger partial charge in [-0.2, -0.15) is 0 Å². The molecule has 1 atom stereocenters. The van der Waals surface area contributed by atoms with Gasteiger partial charge < -0.3 is 10.6 Å². The summed E-state index contributed by atoms with van der Waals surface area (Å²) < 4.78 is 1.83. The van der Waals surface area contributed by atoms with Crippen molar-refractivity contribution in [2.75, 3.05) is 13.1 Å². The number of nitrogens with zero attached hydrogens (tertiary/aromatic N) is 3. The van der Waals surface area contributed by atoms with E-state index >= 15 is 0 Å². The van der Waals surface area contributed by atoms with Gasteiger partial charge >= 0.3 is 0 Å². The van der Waals surface area contributed by atoms with E-state index in [9.17, 15) is 9.59 Å². The minimum absolute atomic E-state index is 0.146. The molecule has 1 aliphatic rings. The van der Waals surface area contributed by atoms with Gasteiger partial charge in [-0.15, -0.1) is 11.3 Å². The lowest BCUT2D eigenvalue weighted by atomic mass is 9.97. The number of imidazole rings is 1. The SMILES string of the molecule is NC(=O)C1CCCN(C(=O)/C=C/c2c(Cl)nc3sccn23)C1. The van der Waals surface area contributed by atoms with Gasteiger partial charge in [0.1, 0.15) is 0 Å². The summed E-state index contributed by atoms with van der Waals surface area (Å²) >= 11 is 7.56. The van der Waals surface area contributed by atoms with E-state index in [1.807, 2.05) is 16.0 Å². The molecule has 116 valence electrons. The fraction of sp³-hybridized carbons (Fsp3) is 0.357. The number of thiazole rings is 1. The van der Waals surface area contributed by atoms with Crippen LogP contribution in [0.15, 0.2) is 17.7 Å². The molecule has 0 saturated carbocycles.